The third-order valence-corrected chi connectivity index (χ3v) is 3.84. The van der Waals surface area contributed by atoms with E-state index in [0.717, 1.165) is 10.7 Å². The summed E-state index contributed by atoms with van der Waals surface area (Å²) in [4.78, 5) is 25.7. The summed E-state index contributed by atoms with van der Waals surface area (Å²) >= 11 is 0. The number of hydrogen-bond donors (Lipinski definition) is 1. The molecule has 0 radical (unpaired) electrons. The lowest BCUT2D eigenvalue weighted by molar-refractivity contribution is 0.0688. The van der Waals surface area contributed by atoms with E-state index in [1.165, 1.54) is 10.6 Å². The van der Waals surface area contributed by atoms with Crippen LogP contribution in [0.3, 0.4) is 0 Å². The van der Waals surface area contributed by atoms with Gasteiger partial charge in [0.15, 0.2) is 0 Å². The van der Waals surface area contributed by atoms with Crippen molar-refractivity contribution >= 4 is 5.97 Å². The molecule has 2 rings (SSSR count). The molecule has 1 N–H and O–H groups in total. The fraction of sp³-hybridized carbons (Fsp3) is 0.471. The molecule has 0 spiro atoms. The highest BCUT2D eigenvalue weighted by Gasteiger charge is 2.22. The number of aromatic nitrogens is 3. The Morgan fingerprint density at radius 3 is 2.58 bits per heavy atom. The monoisotopic (exact) mass is 366 g/mol. The van der Waals surface area contributed by atoms with Crippen molar-refractivity contribution in [3.05, 3.63) is 39.8 Å². The molecule has 1 unspecified atom stereocenters. The number of carboxylic acids is 1. The van der Waals surface area contributed by atoms with Crippen LogP contribution in [0.4, 0.5) is 4.39 Å². The number of aryl methyl sites for hydroxylation is 1. The summed E-state index contributed by atoms with van der Waals surface area (Å²) < 4.78 is 22.5. The molecule has 2 aromatic rings. The Balaban J connectivity index is 2.57. The highest BCUT2D eigenvalue weighted by Crippen LogP contribution is 2.26. The highest BCUT2D eigenvalue weighted by atomic mass is 19.1. The number of ether oxygens (including phenoxy) is 1. The molecule has 0 aliphatic carbocycles. The predicted molar refractivity (Wildman–Crippen MR) is 93.7 cm³/mol. The Morgan fingerprint density at radius 1 is 1.42 bits per heavy atom. The molecule has 0 saturated heterocycles. The van der Waals surface area contributed by atoms with Crippen LogP contribution in [0.15, 0.2) is 16.9 Å². The van der Waals surface area contributed by atoms with Crippen LogP contribution in [0, 0.1) is 5.82 Å². The zero-order chi connectivity index (χ0) is 19.6. The largest absolute Gasteiger partial charge is 0.488 e. The number of nitrogens with zero attached hydrogens (tertiary/aromatic N) is 4. The first-order valence-electron chi connectivity index (χ1n) is 8.19. The third kappa shape index (κ3) is 3.93. The number of carbonyl (C=O) groups is 1. The van der Waals surface area contributed by atoms with Gasteiger partial charge in [-0.25, -0.2) is 14.0 Å². The summed E-state index contributed by atoms with van der Waals surface area (Å²) in [5.74, 6) is -1.71. The maximum atomic E-state index is 14.5. The molecule has 9 heteroatoms. The Bertz CT molecular complexity index is 872. The molecule has 142 valence electrons. The van der Waals surface area contributed by atoms with Crippen LogP contribution in [-0.2, 0) is 13.5 Å². The first-order valence-corrected chi connectivity index (χ1v) is 8.19. The van der Waals surface area contributed by atoms with Crippen LogP contribution < -0.4 is 10.4 Å². The van der Waals surface area contributed by atoms with Crippen LogP contribution in [0.5, 0.6) is 5.75 Å². The standard InChI is InChI=1S/C17H23FN4O4/c1-6-15-19-22(17(25)21(15)5)13-8-14(26-10(2)9-20(3)4)11(16(23)24)7-12(13)18/h7-8,10H,6,9H2,1-5H3,(H,23,24). The lowest BCUT2D eigenvalue weighted by Crippen LogP contribution is -2.29. The summed E-state index contributed by atoms with van der Waals surface area (Å²) in [5.41, 5.74) is -0.977. The molecule has 1 aromatic carbocycles. The Labute approximate surface area is 150 Å². The summed E-state index contributed by atoms with van der Waals surface area (Å²) in [5, 5.41) is 13.5. The van der Waals surface area contributed by atoms with Gasteiger partial charge in [0.1, 0.15) is 34.7 Å². The summed E-state index contributed by atoms with van der Waals surface area (Å²) in [6.45, 7) is 4.14. The SMILES string of the molecule is CCc1nn(-c2cc(OC(C)CN(C)C)c(C(=O)O)cc2F)c(=O)n1C. The van der Waals surface area contributed by atoms with Crippen molar-refractivity contribution in [1.82, 2.24) is 19.2 Å². The number of carboxylic acid groups (broad SMARTS) is 1. The number of aromatic carboxylic acids is 1. The lowest BCUT2D eigenvalue weighted by atomic mass is 10.1. The first-order chi connectivity index (χ1) is 12.1. The molecule has 0 bridgehead atoms. The highest BCUT2D eigenvalue weighted by molar-refractivity contribution is 5.91. The fourth-order valence-corrected chi connectivity index (χ4v) is 2.68. The van der Waals surface area contributed by atoms with Gasteiger partial charge in [0.25, 0.3) is 0 Å². The average molecular weight is 366 g/mol. The van der Waals surface area contributed by atoms with E-state index in [1.807, 2.05) is 25.9 Å². The molecule has 8 nitrogen and oxygen atoms in total. The number of hydrogen-bond acceptors (Lipinski definition) is 5. The minimum Gasteiger partial charge on any atom is -0.488 e. The van der Waals surface area contributed by atoms with Gasteiger partial charge in [0.2, 0.25) is 0 Å². The maximum absolute atomic E-state index is 14.5. The van der Waals surface area contributed by atoms with Gasteiger partial charge in [-0.2, -0.15) is 4.68 Å². The second kappa shape index (κ2) is 7.69. The number of rotatable bonds is 7. The number of halogens is 1. The van der Waals surface area contributed by atoms with Gasteiger partial charge in [-0.15, -0.1) is 5.10 Å². The van der Waals surface area contributed by atoms with E-state index in [4.69, 9.17) is 4.74 Å². The zero-order valence-corrected chi connectivity index (χ0v) is 15.5. The van der Waals surface area contributed by atoms with Crippen molar-refractivity contribution < 1.29 is 19.0 Å². The van der Waals surface area contributed by atoms with Gasteiger partial charge in [-0.3, -0.25) is 4.57 Å². The number of benzene rings is 1. The average Bonchev–Trinajstić information content (AvgIpc) is 2.83. The van der Waals surface area contributed by atoms with Gasteiger partial charge in [0, 0.05) is 26.1 Å². The molecular weight excluding hydrogens is 343 g/mol. The van der Waals surface area contributed by atoms with E-state index in [9.17, 15) is 19.1 Å². The molecular formula is C17H23FN4O4. The lowest BCUT2D eigenvalue weighted by Gasteiger charge is -2.20. The van der Waals surface area contributed by atoms with Crippen molar-refractivity contribution in [2.75, 3.05) is 20.6 Å². The minimum absolute atomic E-state index is 0.0150. The second-order valence-corrected chi connectivity index (χ2v) is 6.32. The molecule has 0 amide bonds. The first kappa shape index (κ1) is 19.6. The van der Waals surface area contributed by atoms with E-state index >= 15 is 0 Å². The molecule has 0 fully saturated rings. The van der Waals surface area contributed by atoms with Crippen molar-refractivity contribution in [1.29, 1.82) is 0 Å². The predicted octanol–water partition coefficient (Wildman–Crippen LogP) is 1.30. The van der Waals surface area contributed by atoms with E-state index in [0.29, 0.717) is 18.8 Å². The maximum Gasteiger partial charge on any atom is 0.350 e. The quantitative estimate of drug-likeness (QED) is 0.794. The van der Waals surface area contributed by atoms with Crippen LogP contribution in [0.25, 0.3) is 5.69 Å². The van der Waals surface area contributed by atoms with Crippen LogP contribution >= 0.6 is 0 Å². The van der Waals surface area contributed by atoms with Crippen molar-refractivity contribution in [3.63, 3.8) is 0 Å². The fourth-order valence-electron chi connectivity index (χ4n) is 2.68. The third-order valence-electron chi connectivity index (χ3n) is 3.84. The van der Waals surface area contributed by atoms with Gasteiger partial charge in [-0.1, -0.05) is 6.92 Å². The molecule has 0 aliphatic rings. The summed E-state index contributed by atoms with van der Waals surface area (Å²) in [6.07, 6.45) is 0.157. The van der Waals surface area contributed by atoms with Gasteiger partial charge >= 0.3 is 11.7 Å². The van der Waals surface area contributed by atoms with Gasteiger partial charge < -0.3 is 14.7 Å². The second-order valence-electron chi connectivity index (χ2n) is 6.32. The Morgan fingerprint density at radius 2 is 2.08 bits per heavy atom. The van der Waals surface area contributed by atoms with E-state index in [1.54, 1.807) is 14.0 Å². The van der Waals surface area contributed by atoms with E-state index in [2.05, 4.69) is 5.10 Å². The van der Waals surface area contributed by atoms with Crippen molar-refractivity contribution in [2.24, 2.45) is 7.05 Å². The molecule has 1 heterocycles. The normalized spacial score (nSPS) is 12.4. The van der Waals surface area contributed by atoms with Crippen molar-refractivity contribution in [3.8, 4) is 11.4 Å². The Hall–Kier alpha value is -2.68. The minimum atomic E-state index is -1.31. The zero-order valence-electron chi connectivity index (χ0n) is 15.5. The molecule has 1 atom stereocenters. The van der Waals surface area contributed by atoms with Crippen LogP contribution in [-0.4, -0.2) is 57.1 Å². The summed E-state index contributed by atoms with van der Waals surface area (Å²) in [6, 6.07) is 2.06. The van der Waals surface area contributed by atoms with Gasteiger partial charge in [0.05, 0.1) is 0 Å². The van der Waals surface area contributed by atoms with E-state index < -0.39 is 17.5 Å². The smallest absolute Gasteiger partial charge is 0.350 e. The Kier molecular flexibility index (Phi) is 5.81. The summed E-state index contributed by atoms with van der Waals surface area (Å²) in [7, 11) is 5.26. The molecule has 26 heavy (non-hydrogen) atoms. The van der Waals surface area contributed by atoms with Gasteiger partial charge in [-0.05, 0) is 27.1 Å². The molecule has 1 aromatic heterocycles. The van der Waals surface area contributed by atoms with Crippen molar-refractivity contribution in [2.45, 2.75) is 26.4 Å². The van der Waals surface area contributed by atoms with E-state index in [-0.39, 0.29) is 23.1 Å². The van der Waals surface area contributed by atoms with Crippen LogP contribution in [0.1, 0.15) is 30.0 Å². The topological polar surface area (TPSA) is 89.6 Å². The molecule has 0 saturated carbocycles. The number of likely N-dealkylation sites (N-methyl/N-ethyl adjacent to an activating group) is 1. The molecule has 0 aliphatic heterocycles. The van der Waals surface area contributed by atoms with Crippen LogP contribution in [0.2, 0.25) is 0 Å².